The molecule has 0 aromatic carbocycles. The summed E-state index contributed by atoms with van der Waals surface area (Å²) in [7, 11) is 1.74. The highest BCUT2D eigenvalue weighted by Gasteiger charge is 2.29. The van der Waals surface area contributed by atoms with E-state index in [0.717, 1.165) is 26.0 Å². The van der Waals surface area contributed by atoms with Crippen LogP contribution in [0.25, 0.3) is 0 Å². The Kier molecular flexibility index (Phi) is 6.41. The van der Waals surface area contributed by atoms with Gasteiger partial charge in [0.25, 0.3) is 0 Å². The first kappa shape index (κ1) is 14.9. The zero-order valence-electron chi connectivity index (χ0n) is 11.6. The van der Waals surface area contributed by atoms with Crippen LogP contribution in [-0.2, 0) is 14.2 Å². The fourth-order valence-electron chi connectivity index (χ4n) is 1.99. The average molecular weight is 245 g/mol. The maximum Gasteiger partial charge on any atom is 0.0809 e. The molecule has 0 aliphatic carbocycles. The molecule has 1 aliphatic rings. The first-order chi connectivity index (χ1) is 8.10. The number of likely N-dealkylation sites (N-methyl/N-ethyl adjacent to an activating group) is 1. The van der Waals surface area contributed by atoms with Crippen LogP contribution in [0.1, 0.15) is 33.6 Å². The number of nitrogens with one attached hydrogen (secondary N) is 1. The van der Waals surface area contributed by atoms with Crippen molar-refractivity contribution < 1.29 is 14.2 Å². The van der Waals surface area contributed by atoms with Crippen molar-refractivity contribution in [3.8, 4) is 0 Å². The predicted octanol–water partition coefficient (Wildman–Crippen LogP) is 1.59. The van der Waals surface area contributed by atoms with Crippen LogP contribution in [0.15, 0.2) is 0 Å². The zero-order valence-corrected chi connectivity index (χ0v) is 11.6. The van der Waals surface area contributed by atoms with E-state index in [2.05, 4.69) is 26.1 Å². The summed E-state index contributed by atoms with van der Waals surface area (Å²) in [6, 6.07) is 0.207. The van der Waals surface area contributed by atoms with Gasteiger partial charge in [-0.3, -0.25) is 0 Å². The molecule has 1 rings (SSSR count). The molecule has 0 bridgehead atoms. The Bertz CT molecular complexity index is 203. The average Bonchev–Trinajstić information content (AvgIpc) is 2.81. The Morgan fingerprint density at radius 2 is 2.24 bits per heavy atom. The first-order valence-electron chi connectivity index (χ1n) is 6.58. The molecule has 0 amide bonds. The molecule has 1 N–H and O–H groups in total. The lowest BCUT2D eigenvalue weighted by molar-refractivity contribution is -0.0522. The SMILES string of the molecule is CCNC(COCC1CCCO1)C(C)(C)OC. The van der Waals surface area contributed by atoms with Crippen molar-refractivity contribution in [1.29, 1.82) is 0 Å². The van der Waals surface area contributed by atoms with Gasteiger partial charge in [0.15, 0.2) is 0 Å². The second-order valence-corrected chi connectivity index (χ2v) is 5.09. The summed E-state index contributed by atoms with van der Waals surface area (Å²) in [5.41, 5.74) is -0.216. The van der Waals surface area contributed by atoms with Crippen molar-refractivity contribution in [2.24, 2.45) is 0 Å². The van der Waals surface area contributed by atoms with Gasteiger partial charge in [0.2, 0.25) is 0 Å². The van der Waals surface area contributed by atoms with Gasteiger partial charge in [-0.05, 0) is 33.2 Å². The highest BCUT2D eigenvalue weighted by Crippen LogP contribution is 2.16. The van der Waals surface area contributed by atoms with E-state index in [9.17, 15) is 0 Å². The molecule has 2 atom stereocenters. The Balaban J connectivity index is 2.28. The Hall–Kier alpha value is -0.160. The molecule has 0 aromatic rings. The smallest absolute Gasteiger partial charge is 0.0809 e. The van der Waals surface area contributed by atoms with Crippen molar-refractivity contribution in [1.82, 2.24) is 5.32 Å². The third-order valence-electron chi connectivity index (χ3n) is 3.43. The van der Waals surface area contributed by atoms with Crippen LogP contribution in [-0.4, -0.2) is 51.2 Å². The number of methoxy groups -OCH3 is 1. The molecule has 102 valence electrons. The molecular formula is C13H27NO3. The number of hydrogen-bond donors (Lipinski definition) is 1. The van der Waals surface area contributed by atoms with Crippen LogP contribution in [0.5, 0.6) is 0 Å². The summed E-state index contributed by atoms with van der Waals surface area (Å²) >= 11 is 0. The van der Waals surface area contributed by atoms with Gasteiger partial charge in [0, 0.05) is 13.7 Å². The largest absolute Gasteiger partial charge is 0.377 e. The van der Waals surface area contributed by atoms with Gasteiger partial charge in [-0.2, -0.15) is 0 Å². The molecule has 0 spiro atoms. The summed E-state index contributed by atoms with van der Waals surface area (Å²) in [6.07, 6.45) is 2.58. The minimum atomic E-state index is -0.216. The summed E-state index contributed by atoms with van der Waals surface area (Å²) in [6.45, 7) is 9.41. The van der Waals surface area contributed by atoms with E-state index in [-0.39, 0.29) is 11.6 Å². The van der Waals surface area contributed by atoms with Crippen LogP contribution in [0.4, 0.5) is 0 Å². The molecule has 0 saturated carbocycles. The molecule has 17 heavy (non-hydrogen) atoms. The summed E-state index contributed by atoms with van der Waals surface area (Å²) in [4.78, 5) is 0. The molecular weight excluding hydrogens is 218 g/mol. The van der Waals surface area contributed by atoms with Gasteiger partial charge in [0.1, 0.15) is 0 Å². The maximum atomic E-state index is 5.75. The predicted molar refractivity (Wildman–Crippen MR) is 68.3 cm³/mol. The van der Waals surface area contributed by atoms with Crippen molar-refractivity contribution in [2.75, 3.05) is 33.5 Å². The number of ether oxygens (including phenoxy) is 3. The third kappa shape index (κ3) is 4.92. The van der Waals surface area contributed by atoms with Gasteiger partial charge < -0.3 is 19.5 Å². The molecule has 0 aromatic heterocycles. The molecule has 2 unspecified atom stereocenters. The van der Waals surface area contributed by atoms with Crippen LogP contribution < -0.4 is 5.32 Å². The normalized spacial score (nSPS) is 22.9. The van der Waals surface area contributed by atoms with Gasteiger partial charge >= 0.3 is 0 Å². The van der Waals surface area contributed by atoms with E-state index in [1.54, 1.807) is 7.11 Å². The fourth-order valence-corrected chi connectivity index (χ4v) is 1.99. The summed E-state index contributed by atoms with van der Waals surface area (Å²) in [5, 5.41) is 3.41. The molecule has 0 radical (unpaired) electrons. The van der Waals surface area contributed by atoms with E-state index < -0.39 is 0 Å². The van der Waals surface area contributed by atoms with Gasteiger partial charge in [-0.15, -0.1) is 0 Å². The second-order valence-electron chi connectivity index (χ2n) is 5.09. The van der Waals surface area contributed by atoms with Gasteiger partial charge in [-0.1, -0.05) is 6.92 Å². The number of hydrogen-bond acceptors (Lipinski definition) is 4. The van der Waals surface area contributed by atoms with Crippen molar-refractivity contribution in [3.05, 3.63) is 0 Å². The van der Waals surface area contributed by atoms with Crippen molar-refractivity contribution in [3.63, 3.8) is 0 Å². The summed E-state index contributed by atoms with van der Waals surface area (Å²) in [5.74, 6) is 0. The van der Waals surface area contributed by atoms with Crippen LogP contribution in [0, 0.1) is 0 Å². The standard InChI is InChI=1S/C13H27NO3/c1-5-14-12(13(2,3)15-4)10-16-9-11-7-6-8-17-11/h11-12,14H,5-10H2,1-4H3. The van der Waals surface area contributed by atoms with Crippen LogP contribution in [0.3, 0.4) is 0 Å². The third-order valence-corrected chi connectivity index (χ3v) is 3.43. The van der Waals surface area contributed by atoms with E-state index in [0.29, 0.717) is 19.3 Å². The fraction of sp³-hybridized carbons (Fsp3) is 1.00. The first-order valence-corrected chi connectivity index (χ1v) is 6.58. The molecule has 1 saturated heterocycles. The van der Waals surface area contributed by atoms with Crippen molar-refractivity contribution in [2.45, 2.75) is 51.4 Å². The van der Waals surface area contributed by atoms with Crippen molar-refractivity contribution >= 4 is 0 Å². The molecule has 1 fully saturated rings. The quantitative estimate of drug-likeness (QED) is 0.705. The lowest BCUT2D eigenvalue weighted by Gasteiger charge is -2.33. The van der Waals surface area contributed by atoms with E-state index in [1.165, 1.54) is 0 Å². The lowest BCUT2D eigenvalue weighted by atomic mass is 9.99. The molecule has 4 heteroatoms. The van der Waals surface area contributed by atoms with E-state index in [4.69, 9.17) is 14.2 Å². The molecule has 4 nitrogen and oxygen atoms in total. The monoisotopic (exact) mass is 245 g/mol. The summed E-state index contributed by atoms with van der Waals surface area (Å²) < 4.78 is 16.8. The Morgan fingerprint density at radius 3 is 2.76 bits per heavy atom. The highest BCUT2D eigenvalue weighted by atomic mass is 16.5. The minimum absolute atomic E-state index is 0.207. The zero-order chi connectivity index (χ0) is 12.7. The van der Waals surface area contributed by atoms with E-state index >= 15 is 0 Å². The second kappa shape index (κ2) is 7.31. The lowest BCUT2D eigenvalue weighted by Crippen LogP contribution is -2.51. The molecule has 1 aliphatic heterocycles. The van der Waals surface area contributed by atoms with Gasteiger partial charge in [0.05, 0.1) is 31.0 Å². The number of rotatable bonds is 8. The van der Waals surface area contributed by atoms with Gasteiger partial charge in [-0.25, -0.2) is 0 Å². The maximum absolute atomic E-state index is 5.75. The van der Waals surface area contributed by atoms with Crippen LogP contribution >= 0.6 is 0 Å². The molecule has 1 heterocycles. The van der Waals surface area contributed by atoms with Crippen LogP contribution in [0.2, 0.25) is 0 Å². The Morgan fingerprint density at radius 1 is 1.47 bits per heavy atom. The minimum Gasteiger partial charge on any atom is -0.377 e. The van der Waals surface area contributed by atoms with E-state index in [1.807, 2.05) is 0 Å². The Labute approximate surface area is 105 Å². The highest BCUT2D eigenvalue weighted by molar-refractivity contribution is 4.85. The topological polar surface area (TPSA) is 39.7 Å².